The highest BCUT2D eigenvalue weighted by Crippen LogP contribution is 1.14. The van der Waals surface area contributed by atoms with Crippen LogP contribution >= 0.6 is 0 Å². The Morgan fingerprint density at radius 1 is 1.75 bits per heavy atom. The zero-order valence-electron chi connectivity index (χ0n) is 1.99. The molecule has 0 rings (SSSR count). The van der Waals surface area contributed by atoms with Crippen molar-refractivity contribution >= 4 is 0 Å². The van der Waals surface area contributed by atoms with Crippen molar-refractivity contribution < 1.29 is 4.84 Å². The minimum Gasteiger partial charge on any atom is -0.308 e. The molecule has 0 saturated carbocycles. The van der Waals surface area contributed by atoms with Crippen molar-refractivity contribution in [3.05, 3.63) is 0 Å². The maximum Gasteiger partial charge on any atom is 0.0569 e. The van der Waals surface area contributed by atoms with Gasteiger partial charge in [-0.2, -0.15) is 0 Å². The fraction of sp³-hybridized carbons (Fsp3) is 1.00. The average molecular weight is 63.1 g/mol. The van der Waals surface area contributed by atoms with Crippen molar-refractivity contribution in [2.45, 2.75) is 7.43 Å². The van der Waals surface area contributed by atoms with Crippen LogP contribution in [0.4, 0.5) is 0 Å². The van der Waals surface area contributed by atoms with Crippen molar-refractivity contribution in [2.24, 2.45) is 5.90 Å². The van der Waals surface area contributed by atoms with Crippen LogP contribution in [0.2, 0.25) is 0 Å². The Morgan fingerprint density at radius 3 is 1.75 bits per heavy atom. The van der Waals surface area contributed by atoms with Gasteiger partial charge in [-0.25, -0.2) is 5.90 Å². The Hall–Kier alpha value is -0.0800. The maximum absolute atomic E-state index is 4.35. The molecule has 0 aromatic heterocycles. The van der Waals surface area contributed by atoms with Crippen LogP contribution in [-0.2, 0) is 4.84 Å². The summed E-state index contributed by atoms with van der Waals surface area (Å²) in [6.07, 6.45) is 0. The zero-order valence-corrected chi connectivity index (χ0v) is 1.99. The van der Waals surface area contributed by atoms with E-state index in [9.17, 15) is 0 Å². The van der Waals surface area contributed by atoms with Gasteiger partial charge in [0, 0.05) is 0 Å². The van der Waals surface area contributed by atoms with E-state index in [4.69, 9.17) is 0 Å². The van der Waals surface area contributed by atoms with Crippen LogP contribution in [0.15, 0.2) is 0 Å². The summed E-state index contributed by atoms with van der Waals surface area (Å²) in [5.41, 5.74) is 0. The second-order valence-corrected chi connectivity index (χ2v) is 0.236. The number of nitrogens with two attached hydrogens (primary N) is 1. The van der Waals surface area contributed by atoms with E-state index in [0.717, 1.165) is 0 Å². The van der Waals surface area contributed by atoms with E-state index in [1.807, 2.05) is 0 Å². The lowest BCUT2D eigenvalue weighted by molar-refractivity contribution is 0.206. The summed E-state index contributed by atoms with van der Waals surface area (Å²) >= 11 is 0. The van der Waals surface area contributed by atoms with Gasteiger partial charge in [0.1, 0.15) is 0 Å². The van der Waals surface area contributed by atoms with E-state index in [2.05, 4.69) is 10.7 Å². The summed E-state index contributed by atoms with van der Waals surface area (Å²) in [5.74, 6) is 4.35. The van der Waals surface area contributed by atoms with E-state index in [1.54, 1.807) is 0 Å². The van der Waals surface area contributed by atoms with Gasteiger partial charge in [0.25, 0.3) is 0 Å². The molecular weight excluding hydrogens is 54.0 g/mol. The molecule has 0 aliphatic carbocycles. The molecule has 0 bridgehead atoms. The van der Waals surface area contributed by atoms with E-state index in [1.165, 1.54) is 7.11 Å². The quantitative estimate of drug-likeness (QED) is 0.406. The fourth-order valence-corrected chi connectivity index (χ4v) is 0. The Labute approximate surface area is 26.5 Å². The van der Waals surface area contributed by atoms with Gasteiger partial charge in [-0.15, -0.1) is 0 Å². The Bertz CT molecular complexity index is 6.00. The normalized spacial score (nSPS) is 4.50. The monoisotopic (exact) mass is 63.1 g/mol. The molecule has 4 heavy (non-hydrogen) atoms. The average Bonchev–Trinajstić information content (AvgIpc) is 0.918. The summed E-state index contributed by atoms with van der Waals surface area (Å²) in [6.45, 7) is 0. The van der Waals surface area contributed by atoms with Gasteiger partial charge in [0.15, 0.2) is 0 Å². The Kier molecular flexibility index (Phi) is 28.8. The molecule has 0 saturated heterocycles. The van der Waals surface area contributed by atoms with Gasteiger partial charge >= 0.3 is 0 Å². The summed E-state index contributed by atoms with van der Waals surface area (Å²) in [4.78, 5) is 3.75. The first-order chi connectivity index (χ1) is 1.41. The molecule has 0 aromatic rings. The number of hydrogen-bond acceptors (Lipinski definition) is 2. The molecule has 0 spiro atoms. The minimum atomic E-state index is 0. The molecule has 2 heteroatoms. The minimum absolute atomic E-state index is 0. The molecule has 0 aromatic carbocycles. The van der Waals surface area contributed by atoms with Crippen molar-refractivity contribution in [3.8, 4) is 0 Å². The molecule has 0 radical (unpaired) electrons. The third-order valence-corrected chi connectivity index (χ3v) is 0. The fourth-order valence-electron chi connectivity index (χ4n) is 0. The predicted molar refractivity (Wildman–Crippen MR) is 17.9 cm³/mol. The van der Waals surface area contributed by atoms with E-state index in [0.29, 0.717) is 0 Å². The summed E-state index contributed by atoms with van der Waals surface area (Å²) < 4.78 is 0. The maximum atomic E-state index is 4.35. The third kappa shape index (κ3) is 254. The van der Waals surface area contributed by atoms with Gasteiger partial charge in [0.05, 0.1) is 7.11 Å². The van der Waals surface area contributed by atoms with Crippen molar-refractivity contribution in [3.63, 3.8) is 0 Å². The first-order valence-corrected chi connectivity index (χ1v) is 0.644. The van der Waals surface area contributed by atoms with Gasteiger partial charge < -0.3 is 4.84 Å². The summed E-state index contributed by atoms with van der Waals surface area (Å²) in [5, 5.41) is 0. The van der Waals surface area contributed by atoms with Gasteiger partial charge in [-0.05, 0) is 0 Å². The molecule has 0 unspecified atom stereocenters. The van der Waals surface area contributed by atoms with Gasteiger partial charge in [0.2, 0.25) is 0 Å². The van der Waals surface area contributed by atoms with Crippen LogP contribution in [0.5, 0.6) is 0 Å². The van der Waals surface area contributed by atoms with Crippen molar-refractivity contribution in [2.75, 3.05) is 7.11 Å². The lowest BCUT2D eigenvalue weighted by Crippen LogP contribution is -1.86. The van der Waals surface area contributed by atoms with E-state index >= 15 is 0 Å². The highest BCUT2D eigenvalue weighted by atomic mass is 16.6. The molecule has 0 aliphatic heterocycles. The smallest absolute Gasteiger partial charge is 0.0569 e. The van der Waals surface area contributed by atoms with Crippen LogP contribution < -0.4 is 5.90 Å². The molecular formula is C2H9NO. The number of hydrogen-bond donors (Lipinski definition) is 1. The highest BCUT2D eigenvalue weighted by molar-refractivity contribution is 3.43. The molecule has 2 nitrogen and oxygen atoms in total. The van der Waals surface area contributed by atoms with Crippen LogP contribution in [0.1, 0.15) is 7.43 Å². The molecule has 0 fully saturated rings. The van der Waals surface area contributed by atoms with Crippen LogP contribution in [0.3, 0.4) is 0 Å². The first-order valence-electron chi connectivity index (χ1n) is 0.644. The molecule has 0 amide bonds. The Balaban J connectivity index is 0. The van der Waals surface area contributed by atoms with Crippen LogP contribution in [-0.4, -0.2) is 7.11 Å². The van der Waals surface area contributed by atoms with Crippen molar-refractivity contribution in [1.82, 2.24) is 0 Å². The Morgan fingerprint density at radius 2 is 1.75 bits per heavy atom. The second kappa shape index (κ2) is 12.7. The molecule has 28 valence electrons. The molecule has 0 heterocycles. The van der Waals surface area contributed by atoms with Crippen LogP contribution in [0, 0.1) is 0 Å². The first kappa shape index (κ1) is 9.07. The SMILES string of the molecule is C.CON. The van der Waals surface area contributed by atoms with E-state index in [-0.39, 0.29) is 7.43 Å². The predicted octanol–water partition coefficient (Wildman–Crippen LogP) is 0.143. The molecule has 0 aliphatic rings. The van der Waals surface area contributed by atoms with Crippen molar-refractivity contribution in [1.29, 1.82) is 0 Å². The standard InChI is InChI=1S/CH5NO.CH4/c1-3-2;/h2H2,1H3;1H4. The topological polar surface area (TPSA) is 35.2 Å². The third-order valence-electron chi connectivity index (χ3n) is 0. The van der Waals surface area contributed by atoms with E-state index < -0.39 is 0 Å². The zero-order chi connectivity index (χ0) is 2.71. The number of rotatable bonds is 0. The lowest BCUT2D eigenvalue weighted by atomic mass is 11.7. The van der Waals surface area contributed by atoms with Gasteiger partial charge in [-0.3, -0.25) is 0 Å². The highest BCUT2D eigenvalue weighted by Gasteiger charge is 1.23. The second-order valence-electron chi connectivity index (χ2n) is 0.236. The summed E-state index contributed by atoms with van der Waals surface area (Å²) in [7, 11) is 1.40. The largest absolute Gasteiger partial charge is 0.308 e. The summed E-state index contributed by atoms with van der Waals surface area (Å²) in [6, 6.07) is 0. The van der Waals surface area contributed by atoms with Crippen LogP contribution in [0.25, 0.3) is 0 Å². The van der Waals surface area contributed by atoms with Gasteiger partial charge in [-0.1, -0.05) is 7.43 Å². The molecule has 2 N–H and O–H groups in total. The molecule has 0 atom stereocenters. The lowest BCUT2D eigenvalue weighted by Gasteiger charge is -1.62.